The Balaban J connectivity index is 2.64. The van der Waals surface area contributed by atoms with Crippen molar-refractivity contribution in [2.24, 2.45) is 12.2 Å². The van der Waals surface area contributed by atoms with Gasteiger partial charge in [0.15, 0.2) is 5.82 Å². The van der Waals surface area contributed by atoms with Crippen molar-refractivity contribution in [2.75, 3.05) is 0 Å². The van der Waals surface area contributed by atoms with Crippen molar-refractivity contribution in [1.29, 1.82) is 0 Å². The van der Waals surface area contributed by atoms with Crippen molar-refractivity contribution in [1.82, 2.24) is 19.7 Å². The number of pyridine rings is 1. The second-order valence-corrected chi connectivity index (χ2v) is 5.00. The Morgan fingerprint density at radius 1 is 1.35 bits per heavy atom. The van der Waals surface area contributed by atoms with Gasteiger partial charge in [-0.15, -0.1) is 10.2 Å². The predicted molar refractivity (Wildman–Crippen MR) is 60.3 cm³/mol. The lowest BCUT2D eigenvalue weighted by Crippen LogP contribution is -2.17. The van der Waals surface area contributed by atoms with E-state index in [0.29, 0.717) is 5.82 Å². The van der Waals surface area contributed by atoms with Gasteiger partial charge in [-0.05, 0) is 19.1 Å². The molecular formula is C9H11N5O2S. The summed E-state index contributed by atoms with van der Waals surface area (Å²) in [4.78, 5) is 4.11. The van der Waals surface area contributed by atoms with Crippen molar-refractivity contribution in [3.63, 3.8) is 0 Å². The Labute approximate surface area is 98.4 Å². The monoisotopic (exact) mass is 253 g/mol. The van der Waals surface area contributed by atoms with Crippen molar-refractivity contribution < 1.29 is 8.42 Å². The van der Waals surface area contributed by atoms with Gasteiger partial charge in [-0.1, -0.05) is 0 Å². The molecule has 90 valence electrons. The molecule has 0 aliphatic carbocycles. The summed E-state index contributed by atoms with van der Waals surface area (Å²) in [5.41, 5.74) is 1.46. The SMILES string of the molecule is Cc1ncccc1-c1nnc(S(N)(=O)=O)n1C. The summed E-state index contributed by atoms with van der Waals surface area (Å²) in [6.07, 6.45) is 1.65. The van der Waals surface area contributed by atoms with Gasteiger partial charge in [0, 0.05) is 24.5 Å². The van der Waals surface area contributed by atoms with Gasteiger partial charge >= 0.3 is 0 Å². The molecule has 2 rings (SSSR count). The zero-order chi connectivity index (χ0) is 12.6. The van der Waals surface area contributed by atoms with Crippen molar-refractivity contribution in [3.8, 4) is 11.4 Å². The van der Waals surface area contributed by atoms with Crippen LogP contribution in [0.4, 0.5) is 0 Å². The van der Waals surface area contributed by atoms with Gasteiger partial charge in [-0.3, -0.25) is 9.55 Å². The maximum absolute atomic E-state index is 11.2. The smallest absolute Gasteiger partial charge is 0.273 e. The molecule has 0 unspecified atom stereocenters. The molecule has 0 fully saturated rings. The first kappa shape index (κ1) is 11.7. The Bertz CT molecular complexity index is 662. The van der Waals surface area contributed by atoms with E-state index in [1.807, 2.05) is 0 Å². The summed E-state index contributed by atoms with van der Waals surface area (Å²) < 4.78 is 23.8. The molecular weight excluding hydrogens is 242 g/mol. The van der Waals surface area contributed by atoms with Crippen LogP contribution in [0.3, 0.4) is 0 Å². The maximum Gasteiger partial charge on any atom is 0.273 e. The standard InChI is InChI=1S/C9H11N5O2S/c1-6-7(4-3-5-11-6)8-12-13-9(14(8)2)17(10,15)16/h3-5H,1-2H3,(H2,10,15,16). The summed E-state index contributed by atoms with van der Waals surface area (Å²) in [5.74, 6) is 0.416. The van der Waals surface area contributed by atoms with Gasteiger partial charge < -0.3 is 0 Å². The number of hydrogen-bond acceptors (Lipinski definition) is 5. The van der Waals surface area contributed by atoms with E-state index in [9.17, 15) is 8.42 Å². The van der Waals surface area contributed by atoms with E-state index in [1.165, 1.54) is 4.57 Å². The van der Waals surface area contributed by atoms with Crippen molar-refractivity contribution in [3.05, 3.63) is 24.0 Å². The molecule has 8 heteroatoms. The number of nitrogens with zero attached hydrogens (tertiary/aromatic N) is 4. The molecule has 0 aliphatic rings. The quantitative estimate of drug-likeness (QED) is 0.800. The molecule has 7 nitrogen and oxygen atoms in total. The van der Waals surface area contributed by atoms with Gasteiger partial charge in [0.05, 0.1) is 0 Å². The number of aromatic nitrogens is 4. The van der Waals surface area contributed by atoms with E-state index in [0.717, 1.165) is 11.3 Å². The van der Waals surface area contributed by atoms with Crippen LogP contribution in [0.2, 0.25) is 0 Å². The van der Waals surface area contributed by atoms with E-state index < -0.39 is 10.0 Å². The second kappa shape index (κ2) is 3.90. The second-order valence-electron chi connectivity index (χ2n) is 3.55. The summed E-state index contributed by atoms with van der Waals surface area (Å²) in [7, 11) is -2.32. The zero-order valence-electron chi connectivity index (χ0n) is 9.32. The molecule has 2 aromatic heterocycles. The predicted octanol–water partition coefficient (Wildman–Crippen LogP) is -0.167. The minimum atomic E-state index is -3.86. The van der Waals surface area contributed by atoms with Crippen LogP contribution in [0.15, 0.2) is 23.5 Å². The van der Waals surface area contributed by atoms with Gasteiger partial charge in [-0.25, -0.2) is 13.6 Å². The molecule has 0 amide bonds. The summed E-state index contributed by atoms with van der Waals surface area (Å²) in [6.45, 7) is 1.81. The highest BCUT2D eigenvalue weighted by molar-refractivity contribution is 7.89. The van der Waals surface area contributed by atoms with E-state index in [4.69, 9.17) is 5.14 Å². The average Bonchev–Trinajstić information content (AvgIpc) is 2.60. The lowest BCUT2D eigenvalue weighted by Gasteiger charge is -2.04. The highest BCUT2D eigenvalue weighted by atomic mass is 32.2. The Hall–Kier alpha value is -1.80. The fourth-order valence-electron chi connectivity index (χ4n) is 1.52. The van der Waals surface area contributed by atoms with Gasteiger partial charge in [-0.2, -0.15) is 0 Å². The third-order valence-electron chi connectivity index (χ3n) is 2.34. The molecule has 0 aliphatic heterocycles. The summed E-state index contributed by atoms with van der Waals surface area (Å²) in [5, 5.41) is 12.2. The van der Waals surface area contributed by atoms with E-state index >= 15 is 0 Å². The molecule has 2 heterocycles. The number of primary sulfonamides is 1. The molecule has 0 saturated heterocycles. The summed E-state index contributed by atoms with van der Waals surface area (Å²) in [6, 6.07) is 3.53. The molecule has 0 aromatic carbocycles. The molecule has 0 bridgehead atoms. The van der Waals surface area contributed by atoms with Crippen LogP contribution in [0.1, 0.15) is 5.69 Å². The first-order valence-corrected chi connectivity index (χ1v) is 6.30. The van der Waals surface area contributed by atoms with E-state index in [1.54, 1.807) is 32.3 Å². The normalized spacial score (nSPS) is 11.7. The van der Waals surface area contributed by atoms with Crippen LogP contribution in [0, 0.1) is 6.92 Å². The average molecular weight is 253 g/mol. The van der Waals surface area contributed by atoms with Crippen LogP contribution in [-0.2, 0) is 17.1 Å². The number of rotatable bonds is 2. The summed E-state index contributed by atoms with van der Waals surface area (Å²) >= 11 is 0. The zero-order valence-corrected chi connectivity index (χ0v) is 10.1. The largest absolute Gasteiger partial charge is 0.300 e. The van der Waals surface area contributed by atoms with Crippen LogP contribution >= 0.6 is 0 Å². The maximum atomic E-state index is 11.2. The number of nitrogens with two attached hydrogens (primary N) is 1. The lowest BCUT2D eigenvalue weighted by atomic mass is 10.2. The van der Waals surface area contributed by atoms with E-state index in [-0.39, 0.29) is 5.16 Å². The Morgan fingerprint density at radius 3 is 2.59 bits per heavy atom. The number of aryl methyl sites for hydroxylation is 1. The van der Waals surface area contributed by atoms with Gasteiger partial charge in [0.1, 0.15) is 0 Å². The molecule has 0 atom stereocenters. The van der Waals surface area contributed by atoms with Crippen molar-refractivity contribution >= 4 is 10.0 Å². The van der Waals surface area contributed by atoms with Crippen molar-refractivity contribution in [2.45, 2.75) is 12.1 Å². The molecule has 2 N–H and O–H groups in total. The van der Waals surface area contributed by atoms with Gasteiger partial charge in [0.25, 0.3) is 15.2 Å². The molecule has 17 heavy (non-hydrogen) atoms. The fourth-order valence-corrected chi connectivity index (χ4v) is 2.14. The molecule has 0 saturated carbocycles. The van der Waals surface area contributed by atoms with Crippen LogP contribution < -0.4 is 5.14 Å². The van der Waals surface area contributed by atoms with Gasteiger partial charge in [0.2, 0.25) is 0 Å². The molecule has 2 aromatic rings. The van der Waals surface area contributed by atoms with E-state index in [2.05, 4.69) is 15.2 Å². The highest BCUT2D eigenvalue weighted by Crippen LogP contribution is 2.20. The third-order valence-corrected chi connectivity index (χ3v) is 3.20. The lowest BCUT2D eigenvalue weighted by molar-refractivity contribution is 0.580. The Morgan fingerprint density at radius 2 is 2.06 bits per heavy atom. The molecule has 0 spiro atoms. The van der Waals surface area contributed by atoms with Crippen LogP contribution in [0.5, 0.6) is 0 Å². The minimum absolute atomic E-state index is 0.268. The molecule has 0 radical (unpaired) electrons. The minimum Gasteiger partial charge on any atom is -0.300 e. The topological polar surface area (TPSA) is 104 Å². The van der Waals surface area contributed by atoms with Crippen LogP contribution in [0.25, 0.3) is 11.4 Å². The number of sulfonamides is 1. The fraction of sp³-hybridized carbons (Fsp3) is 0.222. The highest BCUT2D eigenvalue weighted by Gasteiger charge is 2.20. The number of hydrogen-bond donors (Lipinski definition) is 1. The third kappa shape index (κ3) is 2.04. The van der Waals surface area contributed by atoms with Crippen LogP contribution in [-0.4, -0.2) is 28.2 Å². The Kier molecular flexibility index (Phi) is 2.68. The first-order valence-electron chi connectivity index (χ1n) is 4.75. The first-order chi connectivity index (χ1) is 7.91.